The number of Topliss-reactive ketones (excluding diaryl/α,β-unsaturated/α-hetero) is 1. The number of hydrogen-bond acceptors (Lipinski definition) is 1. The van der Waals surface area contributed by atoms with Crippen molar-refractivity contribution in [1.82, 2.24) is 0 Å². The predicted molar refractivity (Wildman–Crippen MR) is 58.3 cm³/mol. The summed E-state index contributed by atoms with van der Waals surface area (Å²) in [7, 11) is 0. The van der Waals surface area contributed by atoms with Gasteiger partial charge in [0, 0.05) is 10.9 Å². The molecule has 1 nitrogen and oxygen atoms in total. The fourth-order valence-electron chi connectivity index (χ4n) is 1.02. The molecule has 1 aromatic carbocycles. The van der Waals surface area contributed by atoms with Crippen LogP contribution in [0.5, 0.6) is 0 Å². The van der Waals surface area contributed by atoms with Gasteiger partial charge in [-0.15, -0.1) is 11.6 Å². The van der Waals surface area contributed by atoms with Gasteiger partial charge in [-0.25, -0.2) is 0 Å². The van der Waals surface area contributed by atoms with Gasteiger partial charge in [0.2, 0.25) is 0 Å². The van der Waals surface area contributed by atoms with Crippen LogP contribution in [0.25, 0.3) is 0 Å². The Kier molecular flexibility index (Phi) is 3.94. The maximum absolute atomic E-state index is 11.0. The smallest absolute Gasteiger partial charge is 0.151 e. The van der Waals surface area contributed by atoms with E-state index >= 15 is 0 Å². The largest absolute Gasteiger partial charge is 0.298 e. The first-order chi connectivity index (χ1) is 6.13. The molecule has 0 aliphatic carbocycles. The van der Waals surface area contributed by atoms with Crippen molar-refractivity contribution in [3.63, 3.8) is 0 Å². The summed E-state index contributed by atoms with van der Waals surface area (Å²) in [5.74, 6) is 0.142. The average Bonchev–Trinajstić information content (AvgIpc) is 2.11. The van der Waals surface area contributed by atoms with Gasteiger partial charge >= 0.3 is 0 Å². The molecule has 0 atom stereocenters. The van der Waals surface area contributed by atoms with E-state index in [-0.39, 0.29) is 11.7 Å². The lowest BCUT2D eigenvalue weighted by molar-refractivity contribution is -0.116. The molecule has 0 saturated heterocycles. The summed E-state index contributed by atoms with van der Waals surface area (Å²) in [6.07, 6.45) is 0.419. The molecule has 3 heteroatoms. The standard InChI is InChI=1S/C10H10BrClO/c1-7-2-3-8(5-10(7)11)4-9(13)6-12/h2-3,5H,4,6H2,1H3. The number of halogens is 2. The SMILES string of the molecule is Cc1ccc(CC(=O)CCl)cc1Br. The first-order valence-corrected chi connectivity index (χ1v) is 5.29. The summed E-state index contributed by atoms with van der Waals surface area (Å²) in [6, 6.07) is 5.89. The predicted octanol–water partition coefficient (Wildman–Crippen LogP) is 3.11. The van der Waals surface area contributed by atoms with Gasteiger partial charge in [0.25, 0.3) is 0 Å². The van der Waals surface area contributed by atoms with E-state index < -0.39 is 0 Å². The molecule has 0 aromatic heterocycles. The Labute approximate surface area is 91.2 Å². The third kappa shape index (κ3) is 3.12. The van der Waals surface area contributed by atoms with Gasteiger partial charge in [-0.05, 0) is 24.1 Å². The Bertz CT molecular complexity index is 323. The van der Waals surface area contributed by atoms with Crippen LogP contribution in [0, 0.1) is 6.92 Å². The summed E-state index contributed by atoms with van der Waals surface area (Å²) < 4.78 is 1.03. The van der Waals surface area contributed by atoms with Gasteiger partial charge < -0.3 is 0 Å². The summed E-state index contributed by atoms with van der Waals surface area (Å²) in [5.41, 5.74) is 2.17. The molecule has 0 heterocycles. The van der Waals surface area contributed by atoms with Crippen molar-refractivity contribution in [3.05, 3.63) is 33.8 Å². The van der Waals surface area contributed by atoms with Gasteiger partial charge in [0.1, 0.15) is 0 Å². The van der Waals surface area contributed by atoms with Gasteiger partial charge in [0.05, 0.1) is 5.88 Å². The second kappa shape index (κ2) is 4.77. The van der Waals surface area contributed by atoms with Gasteiger partial charge in [0.15, 0.2) is 5.78 Å². The Morgan fingerprint density at radius 3 is 2.77 bits per heavy atom. The van der Waals surface area contributed by atoms with E-state index in [4.69, 9.17) is 11.6 Å². The lowest BCUT2D eigenvalue weighted by Gasteiger charge is -2.01. The number of benzene rings is 1. The second-order valence-corrected chi connectivity index (χ2v) is 4.05. The first-order valence-electron chi connectivity index (χ1n) is 3.96. The molecule has 0 fully saturated rings. The summed E-state index contributed by atoms with van der Waals surface area (Å²) in [5, 5.41) is 0. The zero-order chi connectivity index (χ0) is 9.84. The van der Waals surface area contributed by atoms with Crippen LogP contribution in [0.3, 0.4) is 0 Å². The molecule has 0 aliphatic heterocycles. The average molecular weight is 262 g/mol. The van der Waals surface area contributed by atoms with Crippen molar-refractivity contribution in [2.45, 2.75) is 13.3 Å². The third-order valence-electron chi connectivity index (χ3n) is 1.79. The van der Waals surface area contributed by atoms with Crippen LogP contribution in [-0.2, 0) is 11.2 Å². The zero-order valence-electron chi connectivity index (χ0n) is 7.31. The van der Waals surface area contributed by atoms with Crippen LogP contribution in [0.1, 0.15) is 11.1 Å². The Morgan fingerprint density at radius 2 is 2.23 bits per heavy atom. The van der Waals surface area contributed by atoms with Crippen molar-refractivity contribution in [2.75, 3.05) is 5.88 Å². The molecule has 0 amide bonds. The third-order valence-corrected chi connectivity index (χ3v) is 2.94. The molecule has 0 radical (unpaired) electrons. The van der Waals surface area contributed by atoms with E-state index in [1.54, 1.807) is 0 Å². The van der Waals surface area contributed by atoms with Crippen LogP contribution < -0.4 is 0 Å². The van der Waals surface area contributed by atoms with E-state index in [1.807, 2.05) is 25.1 Å². The van der Waals surface area contributed by atoms with E-state index in [2.05, 4.69) is 15.9 Å². The lowest BCUT2D eigenvalue weighted by Crippen LogP contribution is -2.03. The number of alkyl halides is 1. The Balaban J connectivity index is 2.79. The fraction of sp³-hybridized carbons (Fsp3) is 0.300. The molecule has 0 unspecified atom stereocenters. The van der Waals surface area contributed by atoms with Gasteiger partial charge in [-0.3, -0.25) is 4.79 Å². The normalized spacial score (nSPS) is 10.1. The summed E-state index contributed by atoms with van der Waals surface area (Å²) >= 11 is 8.83. The summed E-state index contributed by atoms with van der Waals surface area (Å²) in [6.45, 7) is 2.01. The first kappa shape index (κ1) is 10.7. The van der Waals surface area contributed by atoms with E-state index in [0.29, 0.717) is 6.42 Å². The van der Waals surface area contributed by atoms with Crippen LogP contribution in [-0.4, -0.2) is 11.7 Å². The minimum absolute atomic E-state index is 0.0532. The van der Waals surface area contributed by atoms with Crippen LogP contribution in [0.4, 0.5) is 0 Å². The summed E-state index contributed by atoms with van der Waals surface area (Å²) in [4.78, 5) is 11.0. The molecule has 0 spiro atoms. The van der Waals surface area contributed by atoms with Gasteiger partial charge in [-0.2, -0.15) is 0 Å². The van der Waals surface area contributed by atoms with Crippen LogP contribution in [0.15, 0.2) is 22.7 Å². The Morgan fingerprint density at radius 1 is 1.54 bits per heavy atom. The number of ketones is 1. The quantitative estimate of drug-likeness (QED) is 0.764. The molecule has 0 N–H and O–H groups in total. The second-order valence-electron chi connectivity index (χ2n) is 2.93. The monoisotopic (exact) mass is 260 g/mol. The molecule has 0 bridgehead atoms. The van der Waals surface area contributed by atoms with E-state index in [9.17, 15) is 4.79 Å². The highest BCUT2D eigenvalue weighted by Gasteiger charge is 2.03. The number of aryl methyl sites for hydroxylation is 1. The van der Waals surface area contributed by atoms with Crippen LogP contribution in [0.2, 0.25) is 0 Å². The highest BCUT2D eigenvalue weighted by atomic mass is 79.9. The number of hydrogen-bond donors (Lipinski definition) is 0. The zero-order valence-corrected chi connectivity index (χ0v) is 9.65. The minimum Gasteiger partial charge on any atom is -0.298 e. The fourth-order valence-corrected chi connectivity index (χ4v) is 1.54. The lowest BCUT2D eigenvalue weighted by atomic mass is 10.1. The molecule has 0 saturated carbocycles. The maximum atomic E-state index is 11.0. The van der Waals surface area contributed by atoms with Crippen molar-refractivity contribution in [1.29, 1.82) is 0 Å². The van der Waals surface area contributed by atoms with Gasteiger partial charge in [-0.1, -0.05) is 28.1 Å². The molecular formula is C10H10BrClO. The molecule has 1 rings (SSSR count). The highest BCUT2D eigenvalue weighted by Crippen LogP contribution is 2.17. The van der Waals surface area contributed by atoms with Crippen molar-refractivity contribution in [3.8, 4) is 0 Å². The van der Waals surface area contributed by atoms with Crippen molar-refractivity contribution < 1.29 is 4.79 Å². The number of carbonyl (C=O) groups excluding carboxylic acids is 1. The van der Waals surface area contributed by atoms with Crippen molar-refractivity contribution >= 4 is 33.3 Å². The molecular weight excluding hydrogens is 251 g/mol. The topological polar surface area (TPSA) is 17.1 Å². The van der Waals surface area contributed by atoms with Crippen molar-refractivity contribution in [2.24, 2.45) is 0 Å². The number of rotatable bonds is 3. The maximum Gasteiger partial charge on any atom is 0.151 e. The van der Waals surface area contributed by atoms with E-state index in [0.717, 1.165) is 10.0 Å². The Hall–Kier alpha value is -0.340. The highest BCUT2D eigenvalue weighted by molar-refractivity contribution is 9.10. The number of carbonyl (C=O) groups is 1. The molecule has 1 aromatic rings. The minimum atomic E-state index is 0.0532. The molecule has 70 valence electrons. The molecule has 0 aliphatic rings. The van der Waals surface area contributed by atoms with E-state index in [1.165, 1.54) is 5.56 Å². The molecule has 13 heavy (non-hydrogen) atoms. The van der Waals surface area contributed by atoms with Crippen LogP contribution >= 0.6 is 27.5 Å².